The summed E-state index contributed by atoms with van der Waals surface area (Å²) >= 11 is 0. The summed E-state index contributed by atoms with van der Waals surface area (Å²) in [6.07, 6.45) is 3.55. The van der Waals surface area contributed by atoms with E-state index in [-0.39, 0.29) is 0 Å². The van der Waals surface area contributed by atoms with Crippen molar-refractivity contribution in [3.05, 3.63) is 35.8 Å². The van der Waals surface area contributed by atoms with Crippen molar-refractivity contribution in [2.45, 2.75) is 0 Å². The Morgan fingerprint density at radius 2 is 2.00 bits per heavy atom. The van der Waals surface area contributed by atoms with E-state index in [0.29, 0.717) is 0 Å². The minimum absolute atomic E-state index is 0.657. The summed E-state index contributed by atoms with van der Waals surface area (Å²) in [5.41, 5.74) is 0. The van der Waals surface area contributed by atoms with Gasteiger partial charge in [-0.3, -0.25) is 0 Å². The van der Waals surface area contributed by atoms with E-state index in [1.807, 2.05) is 0 Å². The first-order valence-corrected chi connectivity index (χ1v) is 2.34. The Hall–Kier alpha value is -1.76. The smallest absolute Gasteiger partial charge is 0.399 e. The van der Waals surface area contributed by atoms with Gasteiger partial charge in [-0.05, 0) is 0 Å². The van der Waals surface area contributed by atoms with Crippen molar-refractivity contribution >= 4 is 0 Å². The van der Waals surface area contributed by atoms with Crippen LogP contribution in [0.3, 0.4) is 0 Å². The van der Waals surface area contributed by atoms with Crippen molar-refractivity contribution < 1.29 is 8.83 Å². The highest BCUT2D eigenvalue weighted by Gasteiger charge is 1.77. The summed E-state index contributed by atoms with van der Waals surface area (Å²) in [5, 5.41) is 7.51. The number of rotatable bonds is 0. The molecule has 1 aromatic heterocycles. The van der Waals surface area contributed by atoms with Crippen LogP contribution in [0.4, 0.5) is 0 Å². The molecule has 1 rings (SSSR count). The van der Waals surface area contributed by atoms with Gasteiger partial charge in [0.1, 0.15) is 12.5 Å². The molecule has 0 atom stereocenters. The van der Waals surface area contributed by atoms with Crippen LogP contribution in [0, 0.1) is 11.3 Å². The van der Waals surface area contributed by atoms with E-state index in [1.165, 1.54) is 18.6 Å². The molecule has 0 amide bonds. The third kappa shape index (κ3) is 4.40. The molecule has 0 aromatic carbocycles. The third-order valence-corrected chi connectivity index (χ3v) is 0.475. The highest BCUT2D eigenvalue weighted by atomic mass is 16.5. The van der Waals surface area contributed by atoms with Crippen LogP contribution in [-0.2, 0) is 0 Å². The van der Waals surface area contributed by atoms with Crippen LogP contribution in [-0.4, -0.2) is 0 Å². The Labute approximate surface area is 57.0 Å². The number of nitrogens with zero attached hydrogens (tertiary/aromatic N) is 1. The summed E-state index contributed by atoms with van der Waals surface area (Å²) in [7, 11) is 0. The Morgan fingerprint density at radius 3 is 2.10 bits per heavy atom. The Bertz CT molecular complexity index is 248. The average Bonchev–Trinajstić information content (AvgIpc) is 2.40. The maximum atomic E-state index is 9.74. The SMILES string of the molecule is C=CC#N.O=c1occo1. The van der Waals surface area contributed by atoms with Gasteiger partial charge in [-0.2, -0.15) is 5.26 Å². The zero-order valence-electron chi connectivity index (χ0n) is 5.11. The van der Waals surface area contributed by atoms with Gasteiger partial charge in [0, 0.05) is 6.08 Å². The fraction of sp³-hybridized carbons (Fsp3) is 0. The van der Waals surface area contributed by atoms with E-state index in [0.717, 1.165) is 0 Å². The molecule has 0 saturated heterocycles. The van der Waals surface area contributed by atoms with Crippen molar-refractivity contribution in [3.63, 3.8) is 0 Å². The van der Waals surface area contributed by atoms with Gasteiger partial charge in [0.15, 0.2) is 0 Å². The molecule has 52 valence electrons. The summed E-state index contributed by atoms with van der Waals surface area (Å²) in [6, 6.07) is 1.69. The molecule has 0 fully saturated rings. The van der Waals surface area contributed by atoms with Crippen LogP contribution in [0.2, 0.25) is 0 Å². The van der Waals surface area contributed by atoms with E-state index >= 15 is 0 Å². The van der Waals surface area contributed by atoms with Gasteiger partial charge in [-0.15, -0.1) is 0 Å². The zero-order valence-corrected chi connectivity index (χ0v) is 5.11. The number of hydrogen-bond acceptors (Lipinski definition) is 4. The summed E-state index contributed by atoms with van der Waals surface area (Å²) in [4.78, 5) is 9.74. The van der Waals surface area contributed by atoms with E-state index in [9.17, 15) is 4.79 Å². The monoisotopic (exact) mass is 139 g/mol. The quantitative estimate of drug-likeness (QED) is 0.501. The van der Waals surface area contributed by atoms with Crippen LogP contribution < -0.4 is 5.82 Å². The minimum Gasteiger partial charge on any atom is -0.399 e. The highest BCUT2D eigenvalue weighted by Crippen LogP contribution is 1.70. The maximum absolute atomic E-state index is 9.74. The van der Waals surface area contributed by atoms with E-state index in [4.69, 9.17) is 5.26 Å². The second-order valence-electron chi connectivity index (χ2n) is 1.09. The summed E-state index contributed by atoms with van der Waals surface area (Å²) in [5.74, 6) is -0.657. The van der Waals surface area contributed by atoms with Crippen LogP contribution in [0.25, 0.3) is 0 Å². The van der Waals surface area contributed by atoms with Gasteiger partial charge in [0.2, 0.25) is 0 Å². The van der Waals surface area contributed by atoms with Gasteiger partial charge in [0.05, 0.1) is 6.07 Å². The molecule has 0 aliphatic rings. The average molecular weight is 139 g/mol. The van der Waals surface area contributed by atoms with E-state index in [1.54, 1.807) is 6.07 Å². The second-order valence-corrected chi connectivity index (χ2v) is 1.09. The lowest BCUT2D eigenvalue weighted by Gasteiger charge is -1.49. The molecule has 0 N–H and O–H groups in total. The molecule has 0 unspecified atom stereocenters. The predicted octanol–water partition coefficient (Wildman–Crippen LogP) is 0.929. The zero-order chi connectivity index (χ0) is 7.82. The lowest BCUT2D eigenvalue weighted by Crippen LogP contribution is -1.83. The first kappa shape index (κ1) is 8.24. The van der Waals surface area contributed by atoms with Gasteiger partial charge in [-0.25, -0.2) is 4.79 Å². The minimum atomic E-state index is -0.657. The molecule has 0 aliphatic heterocycles. The van der Waals surface area contributed by atoms with Crippen molar-refractivity contribution in [1.82, 2.24) is 0 Å². The molecule has 0 bridgehead atoms. The molecular weight excluding hydrogens is 134 g/mol. The van der Waals surface area contributed by atoms with Gasteiger partial charge < -0.3 is 8.83 Å². The van der Waals surface area contributed by atoms with Crippen LogP contribution in [0.15, 0.2) is 38.8 Å². The van der Waals surface area contributed by atoms with Crippen LogP contribution >= 0.6 is 0 Å². The van der Waals surface area contributed by atoms with Gasteiger partial charge in [-0.1, -0.05) is 6.58 Å². The first-order chi connectivity index (χ1) is 4.81. The van der Waals surface area contributed by atoms with Crippen molar-refractivity contribution in [2.24, 2.45) is 0 Å². The van der Waals surface area contributed by atoms with Crippen molar-refractivity contribution in [2.75, 3.05) is 0 Å². The van der Waals surface area contributed by atoms with E-state index < -0.39 is 5.82 Å². The topological polar surface area (TPSA) is 67.1 Å². The number of nitriles is 1. The summed E-state index contributed by atoms with van der Waals surface area (Å²) < 4.78 is 8.22. The van der Waals surface area contributed by atoms with Crippen molar-refractivity contribution in [3.8, 4) is 6.07 Å². The van der Waals surface area contributed by atoms with Gasteiger partial charge >= 0.3 is 5.82 Å². The maximum Gasteiger partial charge on any atom is 0.518 e. The predicted molar refractivity (Wildman–Crippen MR) is 33.1 cm³/mol. The van der Waals surface area contributed by atoms with E-state index in [2.05, 4.69) is 15.4 Å². The lowest BCUT2D eigenvalue weighted by atomic mass is 10.8. The fourth-order valence-electron chi connectivity index (χ4n) is 0.194. The molecule has 4 nitrogen and oxygen atoms in total. The molecule has 4 heteroatoms. The molecule has 0 aliphatic carbocycles. The van der Waals surface area contributed by atoms with Crippen LogP contribution in [0.1, 0.15) is 0 Å². The molecule has 0 radical (unpaired) electrons. The van der Waals surface area contributed by atoms with Gasteiger partial charge in [0.25, 0.3) is 0 Å². The summed E-state index contributed by atoms with van der Waals surface area (Å²) in [6.45, 7) is 3.12. The standard InChI is InChI=1S/C3H3N.C3H2O3/c1-2-3-4;4-3-5-1-2-6-3/h2H,1H2;1-2H. The second kappa shape index (κ2) is 5.38. The Balaban J connectivity index is 0.000000180. The Kier molecular flexibility index (Phi) is 4.43. The highest BCUT2D eigenvalue weighted by molar-refractivity contribution is 4.93. The third-order valence-electron chi connectivity index (χ3n) is 0.475. The number of allylic oxidation sites excluding steroid dienone is 1. The van der Waals surface area contributed by atoms with Crippen molar-refractivity contribution in [1.29, 1.82) is 5.26 Å². The molecule has 1 aromatic rings. The van der Waals surface area contributed by atoms with Crippen LogP contribution in [0.5, 0.6) is 0 Å². The molecule has 0 saturated carbocycles. The largest absolute Gasteiger partial charge is 0.518 e. The molecule has 10 heavy (non-hydrogen) atoms. The molecule has 0 spiro atoms. The molecule has 1 heterocycles. The Morgan fingerprint density at radius 1 is 1.60 bits per heavy atom. The number of hydrogen-bond donors (Lipinski definition) is 0. The normalized spacial score (nSPS) is 6.70. The fourth-order valence-corrected chi connectivity index (χ4v) is 0.194. The molecular formula is C6H5NO3. The lowest BCUT2D eigenvalue weighted by molar-refractivity contribution is 0.385. The first-order valence-electron chi connectivity index (χ1n) is 2.34.